The minimum Gasteiger partial charge on any atom is -0.461 e. The van der Waals surface area contributed by atoms with Crippen molar-refractivity contribution in [2.24, 2.45) is 0 Å². The summed E-state index contributed by atoms with van der Waals surface area (Å²) in [6.07, 6.45) is -3.13. The van der Waals surface area contributed by atoms with E-state index in [1.807, 2.05) is 0 Å². The van der Waals surface area contributed by atoms with Crippen LogP contribution in [-0.4, -0.2) is 10.1 Å². The molecule has 0 aliphatic carbocycles. The summed E-state index contributed by atoms with van der Waals surface area (Å²) >= 11 is 0.993. The summed E-state index contributed by atoms with van der Waals surface area (Å²) < 4.78 is 49.6. The number of thioether (sulfide) groups is 1. The normalized spacial score (nSPS) is 11.5. The highest BCUT2D eigenvalue weighted by molar-refractivity contribution is 7.98. The Morgan fingerprint density at radius 2 is 2.08 bits per heavy atom. The lowest BCUT2D eigenvalue weighted by Gasteiger charge is -2.12. The number of hydrogen-bond acceptors (Lipinski definition) is 6. The Balaban J connectivity index is 1.84. The van der Waals surface area contributed by atoms with Gasteiger partial charge in [-0.15, -0.1) is 0 Å². The van der Waals surface area contributed by atoms with Crippen molar-refractivity contribution in [3.05, 3.63) is 53.0 Å². The fourth-order valence-corrected chi connectivity index (χ4v) is 3.07. The molecule has 0 unspecified atom stereocenters. The first-order chi connectivity index (χ1) is 11.9. The van der Waals surface area contributed by atoms with Crippen molar-refractivity contribution in [1.82, 2.24) is 10.1 Å². The molecule has 0 aliphatic rings. The summed E-state index contributed by atoms with van der Waals surface area (Å²) in [6.45, 7) is 1.45. The smallest absolute Gasteiger partial charge is 0.417 e. The van der Waals surface area contributed by atoms with Crippen molar-refractivity contribution < 1.29 is 22.1 Å². The maximum Gasteiger partial charge on any atom is 0.417 e. The van der Waals surface area contributed by atoms with Crippen LogP contribution in [0.4, 0.5) is 13.2 Å². The van der Waals surface area contributed by atoms with Crippen LogP contribution in [0.15, 0.2) is 44.5 Å². The highest BCUT2D eigenvalue weighted by Crippen LogP contribution is 2.36. The summed E-state index contributed by atoms with van der Waals surface area (Å²) in [5, 5.41) is 13.0. The van der Waals surface area contributed by atoms with Crippen LogP contribution in [0.25, 0.3) is 11.5 Å². The molecule has 5 nitrogen and oxygen atoms in total. The molecule has 0 saturated heterocycles. The largest absolute Gasteiger partial charge is 0.461 e. The molecule has 3 rings (SSSR count). The molecular formula is C16H10F3N3O2S. The zero-order chi connectivity index (χ0) is 18.0. The van der Waals surface area contributed by atoms with Crippen LogP contribution in [0.1, 0.15) is 22.5 Å². The van der Waals surface area contributed by atoms with Crippen molar-refractivity contribution in [2.75, 3.05) is 0 Å². The zero-order valence-electron chi connectivity index (χ0n) is 12.8. The lowest BCUT2D eigenvalue weighted by Crippen LogP contribution is -2.10. The molecule has 3 aromatic heterocycles. The number of alkyl halides is 3. The fraction of sp³-hybridized carbons (Fsp3) is 0.188. The number of aryl methyl sites for hydroxylation is 1. The van der Waals surface area contributed by atoms with E-state index in [9.17, 15) is 13.2 Å². The molecule has 0 N–H and O–H groups in total. The van der Waals surface area contributed by atoms with Crippen LogP contribution in [0.2, 0.25) is 0 Å². The monoisotopic (exact) mass is 365 g/mol. The molecule has 25 heavy (non-hydrogen) atoms. The van der Waals surface area contributed by atoms with Crippen LogP contribution in [-0.2, 0) is 11.9 Å². The molecule has 0 aromatic carbocycles. The number of pyridine rings is 1. The van der Waals surface area contributed by atoms with Gasteiger partial charge in [-0.1, -0.05) is 16.9 Å². The van der Waals surface area contributed by atoms with Crippen molar-refractivity contribution in [2.45, 2.75) is 23.9 Å². The van der Waals surface area contributed by atoms with Crippen molar-refractivity contribution in [3.63, 3.8) is 0 Å². The summed E-state index contributed by atoms with van der Waals surface area (Å²) in [6, 6.07) is 7.48. The Morgan fingerprint density at radius 1 is 1.28 bits per heavy atom. The first kappa shape index (κ1) is 17.1. The maximum absolute atomic E-state index is 13.1. The minimum absolute atomic E-state index is 0.0115. The molecular weight excluding hydrogens is 355 g/mol. The van der Waals surface area contributed by atoms with E-state index in [4.69, 9.17) is 14.2 Å². The second kappa shape index (κ2) is 6.64. The van der Waals surface area contributed by atoms with Gasteiger partial charge in [-0.05, 0) is 25.1 Å². The molecule has 0 aliphatic heterocycles. The third-order valence-electron chi connectivity index (χ3n) is 3.21. The predicted octanol–water partition coefficient (Wildman–Crippen LogP) is 4.82. The van der Waals surface area contributed by atoms with E-state index in [-0.39, 0.29) is 16.5 Å². The summed E-state index contributed by atoms with van der Waals surface area (Å²) in [5.74, 6) is 1.11. The van der Waals surface area contributed by atoms with Gasteiger partial charge in [0, 0.05) is 17.5 Å². The quantitative estimate of drug-likeness (QED) is 0.617. The molecule has 0 amide bonds. The van der Waals surface area contributed by atoms with E-state index in [1.165, 1.54) is 13.2 Å². The highest BCUT2D eigenvalue weighted by Gasteiger charge is 2.35. The Bertz CT molecular complexity index is 927. The average molecular weight is 365 g/mol. The van der Waals surface area contributed by atoms with Crippen LogP contribution < -0.4 is 0 Å². The Labute approximate surface area is 144 Å². The maximum atomic E-state index is 13.1. The van der Waals surface area contributed by atoms with Crippen molar-refractivity contribution in [3.8, 4) is 17.6 Å². The number of halogens is 3. The second-order valence-corrected chi connectivity index (χ2v) is 6.01. The molecule has 0 bridgehead atoms. The molecule has 3 aromatic rings. The minimum atomic E-state index is -4.62. The van der Waals surface area contributed by atoms with E-state index >= 15 is 0 Å². The van der Waals surface area contributed by atoms with Crippen molar-refractivity contribution in [1.29, 1.82) is 5.26 Å². The Hall–Kier alpha value is -2.73. The number of hydrogen-bond donors (Lipinski definition) is 0. The average Bonchev–Trinajstić information content (AvgIpc) is 3.22. The van der Waals surface area contributed by atoms with Gasteiger partial charge < -0.3 is 8.94 Å². The molecule has 0 radical (unpaired) electrons. The number of nitrogens with zero attached hydrogens (tertiary/aromatic N) is 3. The van der Waals surface area contributed by atoms with Gasteiger partial charge in [-0.25, -0.2) is 4.98 Å². The lowest BCUT2D eigenvalue weighted by molar-refractivity contribution is -0.138. The van der Waals surface area contributed by atoms with Gasteiger partial charge in [0.1, 0.15) is 11.1 Å². The number of nitriles is 1. The van der Waals surface area contributed by atoms with Crippen LogP contribution in [0.3, 0.4) is 0 Å². The van der Waals surface area contributed by atoms with E-state index in [0.717, 1.165) is 17.8 Å². The van der Waals surface area contributed by atoms with Gasteiger partial charge in [0.25, 0.3) is 0 Å². The standard InChI is InChI=1S/C16H10F3N3O2S/c1-9-5-12(16(17,18)19)11(7-20)15(21-9)25-8-10-6-14(24-22-10)13-3-2-4-23-13/h2-6H,8H2,1H3. The van der Waals surface area contributed by atoms with Gasteiger partial charge >= 0.3 is 6.18 Å². The van der Waals surface area contributed by atoms with E-state index in [0.29, 0.717) is 17.2 Å². The van der Waals surface area contributed by atoms with E-state index in [2.05, 4.69) is 10.1 Å². The Kier molecular flexibility index (Phi) is 4.55. The van der Waals surface area contributed by atoms with E-state index in [1.54, 1.807) is 24.3 Å². The van der Waals surface area contributed by atoms with Gasteiger partial charge in [-0.3, -0.25) is 0 Å². The topological polar surface area (TPSA) is 75.8 Å². The molecule has 0 fully saturated rings. The first-order valence-corrected chi connectivity index (χ1v) is 7.98. The third-order valence-corrected chi connectivity index (χ3v) is 4.22. The molecule has 9 heteroatoms. The SMILES string of the molecule is Cc1cc(C(F)(F)F)c(C#N)c(SCc2cc(-c3ccco3)on2)n1. The van der Waals surface area contributed by atoms with Gasteiger partial charge in [0.15, 0.2) is 5.76 Å². The van der Waals surface area contributed by atoms with Crippen molar-refractivity contribution >= 4 is 11.8 Å². The predicted molar refractivity (Wildman–Crippen MR) is 82.5 cm³/mol. The van der Waals surface area contributed by atoms with Gasteiger partial charge in [0.05, 0.1) is 23.1 Å². The molecule has 0 atom stereocenters. The second-order valence-electron chi connectivity index (χ2n) is 5.05. The van der Waals surface area contributed by atoms with E-state index < -0.39 is 17.3 Å². The summed E-state index contributed by atoms with van der Waals surface area (Å²) in [7, 11) is 0. The third kappa shape index (κ3) is 3.69. The summed E-state index contributed by atoms with van der Waals surface area (Å²) in [4.78, 5) is 4.05. The first-order valence-electron chi connectivity index (χ1n) is 6.99. The number of furan rings is 1. The van der Waals surface area contributed by atoms with Gasteiger partial charge in [0.2, 0.25) is 5.76 Å². The molecule has 0 spiro atoms. The van der Waals surface area contributed by atoms with Crippen LogP contribution in [0, 0.1) is 18.3 Å². The van der Waals surface area contributed by atoms with Crippen LogP contribution in [0.5, 0.6) is 0 Å². The summed E-state index contributed by atoms with van der Waals surface area (Å²) in [5.41, 5.74) is -0.790. The lowest BCUT2D eigenvalue weighted by atomic mass is 10.1. The van der Waals surface area contributed by atoms with Crippen LogP contribution >= 0.6 is 11.8 Å². The zero-order valence-corrected chi connectivity index (χ0v) is 13.6. The number of aromatic nitrogens is 2. The molecule has 128 valence electrons. The highest BCUT2D eigenvalue weighted by atomic mass is 32.2. The molecule has 0 saturated carbocycles. The van der Waals surface area contributed by atoms with Gasteiger partial charge in [-0.2, -0.15) is 18.4 Å². The molecule has 3 heterocycles. The Morgan fingerprint density at radius 3 is 2.72 bits per heavy atom. The fourth-order valence-electron chi connectivity index (χ4n) is 2.14. The number of rotatable bonds is 4.